The van der Waals surface area contributed by atoms with E-state index in [1.54, 1.807) is 11.8 Å². The minimum Gasteiger partial charge on any atom is -0.333 e. The first-order valence-corrected chi connectivity index (χ1v) is 10.1. The van der Waals surface area contributed by atoms with Crippen LogP contribution in [0.25, 0.3) is 11.0 Å². The van der Waals surface area contributed by atoms with Crippen molar-refractivity contribution in [3.63, 3.8) is 0 Å². The third kappa shape index (κ3) is 5.03. The summed E-state index contributed by atoms with van der Waals surface area (Å²) in [6, 6.07) is 11.7. The molecule has 0 fully saturated rings. The number of hydrogen-bond acceptors (Lipinski definition) is 3. The van der Waals surface area contributed by atoms with Gasteiger partial charge in [-0.3, -0.25) is 4.90 Å². The number of para-hydroxylation sites is 2. The molecule has 0 spiro atoms. The molecule has 0 amide bonds. The van der Waals surface area contributed by atoms with Gasteiger partial charge in [-0.1, -0.05) is 45.9 Å². The molecule has 0 radical (unpaired) electrons. The number of thioether (sulfide) groups is 1. The molecule has 0 bridgehead atoms. The maximum Gasteiger partial charge on any atom is 0.166 e. The number of nitrogens with one attached hydrogen (secondary N) is 1. The van der Waals surface area contributed by atoms with Crippen LogP contribution in [0.15, 0.2) is 47.6 Å². The zero-order valence-corrected chi connectivity index (χ0v) is 15.9. The highest BCUT2D eigenvalue weighted by molar-refractivity contribution is 9.09. The highest BCUT2D eigenvalue weighted by Gasteiger charge is 2.11. The smallest absolute Gasteiger partial charge is 0.166 e. The van der Waals surface area contributed by atoms with Crippen LogP contribution in [0.4, 0.5) is 8.78 Å². The molecule has 0 atom stereocenters. The van der Waals surface area contributed by atoms with Crippen LogP contribution in [0.1, 0.15) is 5.56 Å². The van der Waals surface area contributed by atoms with E-state index >= 15 is 0 Å². The number of halogens is 3. The van der Waals surface area contributed by atoms with E-state index in [0.29, 0.717) is 12.1 Å². The van der Waals surface area contributed by atoms with Gasteiger partial charge in [-0.2, -0.15) is 0 Å². The van der Waals surface area contributed by atoms with Gasteiger partial charge < -0.3 is 4.98 Å². The molecule has 25 heavy (non-hydrogen) atoms. The van der Waals surface area contributed by atoms with Crippen LogP contribution in [-0.4, -0.2) is 39.0 Å². The predicted octanol–water partition coefficient (Wildman–Crippen LogP) is 4.83. The average molecular weight is 426 g/mol. The second-order valence-corrected chi connectivity index (χ2v) is 7.49. The highest BCUT2D eigenvalue weighted by atomic mass is 79.9. The van der Waals surface area contributed by atoms with Gasteiger partial charge >= 0.3 is 0 Å². The summed E-state index contributed by atoms with van der Waals surface area (Å²) in [4.78, 5) is 9.97. The summed E-state index contributed by atoms with van der Waals surface area (Å²) < 4.78 is 26.9. The highest BCUT2D eigenvalue weighted by Crippen LogP contribution is 2.20. The SMILES string of the molecule is Fc1ccc(CN(CCBr)CCSc2nc3ccccc3[nH]2)c(F)c1. The van der Waals surface area contributed by atoms with Gasteiger partial charge in [0.25, 0.3) is 0 Å². The molecule has 3 rings (SSSR count). The molecular formula is C18H18BrF2N3S. The molecular weight excluding hydrogens is 408 g/mol. The first-order chi connectivity index (χ1) is 12.2. The van der Waals surface area contributed by atoms with Gasteiger partial charge in [0.05, 0.1) is 11.0 Å². The van der Waals surface area contributed by atoms with Crippen molar-refractivity contribution in [2.24, 2.45) is 0 Å². The minimum atomic E-state index is -0.547. The van der Waals surface area contributed by atoms with Gasteiger partial charge in [-0.15, -0.1) is 0 Å². The van der Waals surface area contributed by atoms with Crippen molar-refractivity contribution < 1.29 is 8.78 Å². The Morgan fingerprint density at radius 3 is 2.72 bits per heavy atom. The van der Waals surface area contributed by atoms with Gasteiger partial charge in [0.1, 0.15) is 11.6 Å². The third-order valence-electron chi connectivity index (χ3n) is 3.82. The topological polar surface area (TPSA) is 31.9 Å². The van der Waals surface area contributed by atoms with Crippen LogP contribution in [-0.2, 0) is 6.54 Å². The summed E-state index contributed by atoms with van der Waals surface area (Å²) in [6.07, 6.45) is 0. The lowest BCUT2D eigenvalue weighted by Gasteiger charge is -2.21. The van der Waals surface area contributed by atoms with E-state index in [1.807, 2.05) is 24.3 Å². The normalized spacial score (nSPS) is 11.5. The van der Waals surface area contributed by atoms with Crippen molar-refractivity contribution in [1.82, 2.24) is 14.9 Å². The van der Waals surface area contributed by atoms with Crippen LogP contribution in [0.3, 0.4) is 0 Å². The molecule has 1 aromatic heterocycles. The summed E-state index contributed by atoms with van der Waals surface area (Å²) in [5.74, 6) is -0.214. The molecule has 1 heterocycles. The fourth-order valence-corrected chi connectivity index (χ4v) is 3.94. The Kier molecular flexibility index (Phi) is 6.45. The predicted molar refractivity (Wildman–Crippen MR) is 102 cm³/mol. The van der Waals surface area contributed by atoms with Crippen molar-refractivity contribution in [2.45, 2.75) is 11.7 Å². The average Bonchev–Trinajstić information content (AvgIpc) is 3.00. The van der Waals surface area contributed by atoms with Gasteiger partial charge in [0.15, 0.2) is 5.16 Å². The van der Waals surface area contributed by atoms with Crippen molar-refractivity contribution in [2.75, 3.05) is 24.2 Å². The van der Waals surface area contributed by atoms with Gasteiger partial charge in [-0.25, -0.2) is 13.8 Å². The van der Waals surface area contributed by atoms with Crippen molar-refractivity contribution in [3.05, 3.63) is 59.7 Å². The molecule has 7 heteroatoms. The second-order valence-electron chi connectivity index (χ2n) is 5.61. The monoisotopic (exact) mass is 425 g/mol. The van der Waals surface area contributed by atoms with Crippen LogP contribution in [0.5, 0.6) is 0 Å². The minimum absolute atomic E-state index is 0.457. The molecule has 0 aliphatic heterocycles. The lowest BCUT2D eigenvalue weighted by atomic mass is 10.2. The molecule has 3 aromatic rings. The first kappa shape index (κ1) is 18.4. The molecule has 0 unspecified atom stereocenters. The van der Waals surface area contributed by atoms with E-state index in [0.717, 1.165) is 46.4 Å². The molecule has 0 saturated heterocycles. The number of aromatic nitrogens is 2. The summed E-state index contributed by atoms with van der Waals surface area (Å²) in [7, 11) is 0. The van der Waals surface area contributed by atoms with Crippen LogP contribution >= 0.6 is 27.7 Å². The fraction of sp³-hybridized carbons (Fsp3) is 0.278. The van der Waals surface area contributed by atoms with Gasteiger partial charge in [0.2, 0.25) is 0 Å². The number of alkyl halides is 1. The standard InChI is InChI=1S/C18H18BrF2N3S/c19-7-8-24(12-13-5-6-14(20)11-15(13)21)9-10-25-18-22-16-3-1-2-4-17(16)23-18/h1-6,11H,7-10,12H2,(H,22,23). The Morgan fingerprint density at radius 1 is 1.12 bits per heavy atom. The number of imidazole rings is 1. The molecule has 0 aliphatic carbocycles. The maximum atomic E-state index is 13.9. The zero-order chi connectivity index (χ0) is 17.6. The Hall–Kier alpha value is -1.44. The number of hydrogen-bond donors (Lipinski definition) is 1. The van der Waals surface area contributed by atoms with Crippen LogP contribution < -0.4 is 0 Å². The van der Waals surface area contributed by atoms with E-state index in [4.69, 9.17) is 0 Å². The molecule has 0 saturated carbocycles. The molecule has 3 nitrogen and oxygen atoms in total. The van der Waals surface area contributed by atoms with Crippen LogP contribution in [0.2, 0.25) is 0 Å². The number of H-pyrrole nitrogens is 1. The van der Waals surface area contributed by atoms with Crippen molar-refractivity contribution in [3.8, 4) is 0 Å². The van der Waals surface area contributed by atoms with Gasteiger partial charge in [-0.05, 0) is 18.2 Å². The quantitative estimate of drug-likeness (QED) is 0.414. The number of rotatable bonds is 8. The van der Waals surface area contributed by atoms with Crippen molar-refractivity contribution >= 4 is 38.7 Å². The summed E-state index contributed by atoms with van der Waals surface area (Å²) in [5, 5.41) is 1.68. The molecule has 2 aromatic carbocycles. The Balaban J connectivity index is 1.57. The van der Waals surface area contributed by atoms with E-state index < -0.39 is 11.6 Å². The fourth-order valence-electron chi connectivity index (χ4n) is 2.55. The second kappa shape index (κ2) is 8.78. The van der Waals surface area contributed by atoms with Crippen LogP contribution in [0, 0.1) is 11.6 Å². The molecule has 1 N–H and O–H groups in total. The Labute approximate surface area is 158 Å². The number of aromatic amines is 1. The molecule has 0 aliphatic rings. The van der Waals surface area contributed by atoms with Crippen molar-refractivity contribution in [1.29, 1.82) is 0 Å². The number of fused-ring (bicyclic) bond motifs is 1. The Morgan fingerprint density at radius 2 is 1.96 bits per heavy atom. The first-order valence-electron chi connectivity index (χ1n) is 7.95. The summed E-state index contributed by atoms with van der Waals surface area (Å²) >= 11 is 5.07. The lowest BCUT2D eigenvalue weighted by Crippen LogP contribution is -2.28. The van der Waals surface area contributed by atoms with Gasteiger partial charge in [0, 0.05) is 42.3 Å². The van der Waals surface area contributed by atoms with E-state index in [-0.39, 0.29) is 0 Å². The maximum absolute atomic E-state index is 13.9. The number of nitrogens with zero attached hydrogens (tertiary/aromatic N) is 2. The lowest BCUT2D eigenvalue weighted by molar-refractivity contribution is 0.296. The number of benzene rings is 2. The van der Waals surface area contributed by atoms with E-state index in [9.17, 15) is 8.78 Å². The largest absolute Gasteiger partial charge is 0.333 e. The van der Waals surface area contributed by atoms with E-state index in [2.05, 4.69) is 30.8 Å². The van der Waals surface area contributed by atoms with E-state index in [1.165, 1.54) is 12.1 Å². The zero-order valence-electron chi connectivity index (χ0n) is 13.5. The summed E-state index contributed by atoms with van der Waals surface area (Å²) in [6.45, 7) is 2.03. The molecule has 132 valence electrons. The summed E-state index contributed by atoms with van der Waals surface area (Å²) in [5.41, 5.74) is 2.49. The third-order valence-corrected chi connectivity index (χ3v) is 5.03. The Bertz CT molecular complexity index is 807.